The van der Waals surface area contributed by atoms with Crippen LogP contribution in [0.15, 0.2) is 36.5 Å². The number of nitrogens with one attached hydrogen (secondary N) is 1. The molecule has 0 bridgehead atoms. The van der Waals surface area contributed by atoms with Gasteiger partial charge in [-0.15, -0.1) is 0 Å². The van der Waals surface area contributed by atoms with E-state index in [0.29, 0.717) is 21.3 Å². The fourth-order valence-electron chi connectivity index (χ4n) is 2.82. The fourth-order valence-corrected chi connectivity index (χ4v) is 3.17. The lowest BCUT2D eigenvalue weighted by Crippen LogP contribution is -2.46. The van der Waals surface area contributed by atoms with Crippen molar-refractivity contribution in [1.82, 2.24) is 9.88 Å². The number of carbonyl (C=O) groups excluding carboxylic acids is 1. The summed E-state index contributed by atoms with van der Waals surface area (Å²) in [7, 11) is 0. The number of halogens is 2. The van der Waals surface area contributed by atoms with Crippen LogP contribution >= 0.6 is 23.2 Å². The van der Waals surface area contributed by atoms with Gasteiger partial charge in [0.15, 0.2) is 0 Å². The van der Waals surface area contributed by atoms with Crippen molar-refractivity contribution < 1.29 is 4.79 Å². The smallest absolute Gasteiger partial charge is 0.255 e. The third-order valence-corrected chi connectivity index (χ3v) is 5.17. The number of carbonyl (C=O) groups is 1. The molecular formula is C18H20Cl2N4O. The summed E-state index contributed by atoms with van der Waals surface area (Å²) in [6.45, 7) is 7.06. The van der Waals surface area contributed by atoms with Crippen LogP contribution in [0.25, 0.3) is 0 Å². The summed E-state index contributed by atoms with van der Waals surface area (Å²) < 4.78 is 0. The highest BCUT2D eigenvalue weighted by Gasteiger charge is 2.18. The number of anilines is 2. The molecule has 2 aromatic rings. The first kappa shape index (κ1) is 18.0. The number of benzene rings is 1. The second-order valence-corrected chi connectivity index (χ2v) is 6.66. The molecular weight excluding hydrogens is 359 g/mol. The van der Waals surface area contributed by atoms with Crippen molar-refractivity contribution in [3.05, 3.63) is 52.1 Å². The standard InChI is InChI=1S/C18H20Cl2N4O/c1-2-23-8-10-24(11-9-23)16-12-13(6-7-21-16)18(25)22-15-5-3-4-14(19)17(15)20/h3-7,12H,2,8-11H2,1H3,(H,22,25). The first-order valence-electron chi connectivity index (χ1n) is 8.27. The number of piperazine rings is 1. The highest BCUT2D eigenvalue weighted by Crippen LogP contribution is 2.30. The number of likely N-dealkylation sites (N-methyl/N-ethyl adjacent to an activating group) is 1. The maximum Gasteiger partial charge on any atom is 0.255 e. The van der Waals surface area contributed by atoms with E-state index in [0.717, 1.165) is 38.5 Å². The number of hydrogen-bond donors (Lipinski definition) is 1. The Hall–Kier alpha value is -1.82. The second kappa shape index (κ2) is 8.04. The van der Waals surface area contributed by atoms with Gasteiger partial charge in [-0.25, -0.2) is 4.98 Å². The number of pyridine rings is 1. The molecule has 5 nitrogen and oxygen atoms in total. The second-order valence-electron chi connectivity index (χ2n) is 5.88. The van der Waals surface area contributed by atoms with E-state index in [-0.39, 0.29) is 5.91 Å². The van der Waals surface area contributed by atoms with Gasteiger partial charge in [0.25, 0.3) is 5.91 Å². The minimum atomic E-state index is -0.236. The number of aromatic nitrogens is 1. The summed E-state index contributed by atoms with van der Waals surface area (Å²) in [6, 6.07) is 8.65. The zero-order valence-electron chi connectivity index (χ0n) is 14.0. The quantitative estimate of drug-likeness (QED) is 0.879. The molecule has 1 saturated heterocycles. The van der Waals surface area contributed by atoms with Gasteiger partial charge in [0, 0.05) is 37.9 Å². The van der Waals surface area contributed by atoms with Crippen LogP contribution in [-0.4, -0.2) is 48.5 Å². The molecule has 1 N–H and O–H groups in total. The van der Waals surface area contributed by atoms with E-state index in [9.17, 15) is 4.79 Å². The zero-order valence-corrected chi connectivity index (χ0v) is 15.5. The first-order valence-corrected chi connectivity index (χ1v) is 9.03. The Labute approximate surface area is 157 Å². The molecule has 1 fully saturated rings. The number of rotatable bonds is 4. The van der Waals surface area contributed by atoms with Gasteiger partial charge < -0.3 is 15.1 Å². The Kier molecular flexibility index (Phi) is 5.78. The van der Waals surface area contributed by atoms with Gasteiger partial charge in [-0.2, -0.15) is 0 Å². The lowest BCUT2D eigenvalue weighted by atomic mass is 10.2. The molecule has 0 saturated carbocycles. The predicted molar refractivity (Wildman–Crippen MR) is 103 cm³/mol. The molecule has 25 heavy (non-hydrogen) atoms. The summed E-state index contributed by atoms with van der Waals surface area (Å²) in [5, 5.41) is 3.55. The van der Waals surface area contributed by atoms with Gasteiger partial charge in [-0.05, 0) is 30.8 Å². The summed E-state index contributed by atoms with van der Waals surface area (Å²) >= 11 is 12.1. The summed E-state index contributed by atoms with van der Waals surface area (Å²) in [5.41, 5.74) is 1.04. The molecule has 1 aliphatic heterocycles. The third-order valence-electron chi connectivity index (χ3n) is 4.35. The Bertz CT molecular complexity index is 760. The maximum absolute atomic E-state index is 12.5. The van der Waals surface area contributed by atoms with Crippen molar-refractivity contribution in [2.24, 2.45) is 0 Å². The van der Waals surface area contributed by atoms with E-state index in [4.69, 9.17) is 23.2 Å². The Morgan fingerprint density at radius 3 is 2.68 bits per heavy atom. The monoisotopic (exact) mass is 378 g/mol. The minimum Gasteiger partial charge on any atom is -0.354 e. The van der Waals surface area contributed by atoms with Crippen molar-refractivity contribution in [2.45, 2.75) is 6.92 Å². The number of amides is 1. The minimum absolute atomic E-state index is 0.236. The van der Waals surface area contributed by atoms with Gasteiger partial charge in [-0.1, -0.05) is 36.2 Å². The molecule has 0 aliphatic carbocycles. The average molecular weight is 379 g/mol. The molecule has 0 atom stereocenters. The summed E-state index contributed by atoms with van der Waals surface area (Å²) in [5.74, 6) is 0.584. The van der Waals surface area contributed by atoms with Crippen LogP contribution in [0.4, 0.5) is 11.5 Å². The Morgan fingerprint density at radius 1 is 1.20 bits per heavy atom. The fraction of sp³-hybridized carbons (Fsp3) is 0.333. The largest absolute Gasteiger partial charge is 0.354 e. The van der Waals surface area contributed by atoms with Crippen LogP contribution in [-0.2, 0) is 0 Å². The predicted octanol–water partition coefficient (Wildman–Crippen LogP) is 3.78. The molecule has 132 valence electrons. The van der Waals surface area contributed by atoms with Crippen LogP contribution in [0, 0.1) is 0 Å². The number of nitrogens with zero attached hydrogens (tertiary/aromatic N) is 3. The Balaban J connectivity index is 1.73. The van der Waals surface area contributed by atoms with Crippen LogP contribution in [0.2, 0.25) is 10.0 Å². The first-order chi connectivity index (χ1) is 12.1. The molecule has 0 radical (unpaired) electrons. The summed E-state index contributed by atoms with van der Waals surface area (Å²) in [4.78, 5) is 21.6. The van der Waals surface area contributed by atoms with Crippen molar-refractivity contribution in [3.63, 3.8) is 0 Å². The maximum atomic E-state index is 12.5. The van der Waals surface area contributed by atoms with E-state index in [1.165, 1.54) is 0 Å². The topological polar surface area (TPSA) is 48.5 Å². The van der Waals surface area contributed by atoms with E-state index >= 15 is 0 Å². The molecule has 0 unspecified atom stereocenters. The lowest BCUT2D eigenvalue weighted by Gasteiger charge is -2.34. The molecule has 1 amide bonds. The van der Waals surface area contributed by atoms with Crippen molar-refractivity contribution in [2.75, 3.05) is 42.9 Å². The molecule has 7 heteroatoms. The molecule has 1 aromatic carbocycles. The normalized spacial score (nSPS) is 15.2. The van der Waals surface area contributed by atoms with Crippen LogP contribution in [0.5, 0.6) is 0 Å². The van der Waals surface area contributed by atoms with E-state index < -0.39 is 0 Å². The van der Waals surface area contributed by atoms with E-state index in [2.05, 4.69) is 27.0 Å². The van der Waals surface area contributed by atoms with Gasteiger partial charge >= 0.3 is 0 Å². The summed E-state index contributed by atoms with van der Waals surface area (Å²) in [6.07, 6.45) is 1.66. The van der Waals surface area contributed by atoms with E-state index in [1.807, 2.05) is 6.07 Å². The molecule has 1 aromatic heterocycles. The Morgan fingerprint density at radius 2 is 1.96 bits per heavy atom. The van der Waals surface area contributed by atoms with Crippen LogP contribution in [0.3, 0.4) is 0 Å². The molecule has 0 spiro atoms. The highest BCUT2D eigenvalue weighted by atomic mass is 35.5. The van der Waals surface area contributed by atoms with Crippen molar-refractivity contribution >= 4 is 40.6 Å². The van der Waals surface area contributed by atoms with Crippen LogP contribution < -0.4 is 10.2 Å². The van der Waals surface area contributed by atoms with Gasteiger partial charge in [-0.3, -0.25) is 4.79 Å². The van der Waals surface area contributed by atoms with Gasteiger partial charge in [0.1, 0.15) is 5.82 Å². The lowest BCUT2D eigenvalue weighted by molar-refractivity contribution is 0.102. The average Bonchev–Trinajstić information content (AvgIpc) is 2.65. The highest BCUT2D eigenvalue weighted by molar-refractivity contribution is 6.44. The van der Waals surface area contributed by atoms with Crippen molar-refractivity contribution in [1.29, 1.82) is 0 Å². The third kappa shape index (κ3) is 4.24. The van der Waals surface area contributed by atoms with Gasteiger partial charge in [0.05, 0.1) is 15.7 Å². The molecule has 2 heterocycles. The SMILES string of the molecule is CCN1CCN(c2cc(C(=O)Nc3cccc(Cl)c3Cl)ccn2)CC1. The van der Waals surface area contributed by atoms with Crippen LogP contribution in [0.1, 0.15) is 17.3 Å². The zero-order chi connectivity index (χ0) is 17.8. The van der Waals surface area contributed by atoms with Gasteiger partial charge in [0.2, 0.25) is 0 Å². The molecule has 3 rings (SSSR count). The van der Waals surface area contributed by atoms with E-state index in [1.54, 1.807) is 30.5 Å². The van der Waals surface area contributed by atoms with Crippen molar-refractivity contribution in [3.8, 4) is 0 Å². The number of hydrogen-bond acceptors (Lipinski definition) is 4. The molecule has 1 aliphatic rings.